The summed E-state index contributed by atoms with van der Waals surface area (Å²) >= 11 is 6.19. The van der Waals surface area contributed by atoms with Crippen molar-refractivity contribution in [3.05, 3.63) is 16.4 Å². The molecule has 100 valence electrons. The maximum atomic E-state index is 11.3. The summed E-state index contributed by atoms with van der Waals surface area (Å²) in [6.45, 7) is 5.02. The number of carboxylic acids is 1. The van der Waals surface area contributed by atoms with Crippen LogP contribution in [0.5, 0.6) is 0 Å². The molecule has 1 aromatic rings. The van der Waals surface area contributed by atoms with Crippen LogP contribution in [0.25, 0.3) is 0 Å². The third-order valence-corrected chi connectivity index (χ3v) is 4.16. The summed E-state index contributed by atoms with van der Waals surface area (Å²) in [5.41, 5.74) is 0.887. The molecule has 6 heteroatoms. The summed E-state index contributed by atoms with van der Waals surface area (Å²) in [5, 5.41) is 17.3. The molecule has 0 aromatic carbocycles. The standard InChI is InChI=1S/C12H18ClN3O2/c1-3-16-9(10(13)8(2)15-16)7-14-12(11(17)18)5-4-6-12/h14H,3-7H2,1-2H3,(H,17,18). The summed E-state index contributed by atoms with van der Waals surface area (Å²) in [5.74, 6) is -0.774. The van der Waals surface area contributed by atoms with Crippen LogP contribution in [0.15, 0.2) is 0 Å². The summed E-state index contributed by atoms with van der Waals surface area (Å²) in [6.07, 6.45) is 2.32. The summed E-state index contributed by atoms with van der Waals surface area (Å²) in [4.78, 5) is 11.3. The highest BCUT2D eigenvalue weighted by atomic mass is 35.5. The molecular weight excluding hydrogens is 254 g/mol. The lowest BCUT2D eigenvalue weighted by atomic mass is 9.77. The molecule has 18 heavy (non-hydrogen) atoms. The number of aliphatic carboxylic acids is 1. The van der Waals surface area contributed by atoms with Crippen LogP contribution in [0, 0.1) is 6.92 Å². The Morgan fingerprint density at radius 1 is 1.61 bits per heavy atom. The number of hydrogen-bond donors (Lipinski definition) is 2. The van der Waals surface area contributed by atoms with Crippen molar-refractivity contribution in [1.29, 1.82) is 0 Å². The van der Waals surface area contributed by atoms with Crippen molar-refractivity contribution in [2.45, 2.75) is 51.7 Å². The van der Waals surface area contributed by atoms with Crippen LogP contribution in [0.1, 0.15) is 37.6 Å². The third-order valence-electron chi connectivity index (χ3n) is 3.66. The quantitative estimate of drug-likeness (QED) is 0.859. The maximum absolute atomic E-state index is 11.3. The van der Waals surface area contributed by atoms with Crippen molar-refractivity contribution in [2.24, 2.45) is 0 Å². The van der Waals surface area contributed by atoms with Crippen molar-refractivity contribution in [3.63, 3.8) is 0 Å². The molecular formula is C12H18ClN3O2. The maximum Gasteiger partial charge on any atom is 0.323 e. The molecule has 1 aromatic heterocycles. The lowest BCUT2D eigenvalue weighted by Crippen LogP contribution is -2.56. The van der Waals surface area contributed by atoms with Gasteiger partial charge in [-0.25, -0.2) is 0 Å². The minimum Gasteiger partial charge on any atom is -0.480 e. The molecule has 0 bridgehead atoms. The molecule has 0 unspecified atom stereocenters. The zero-order valence-electron chi connectivity index (χ0n) is 10.7. The number of aromatic nitrogens is 2. The van der Waals surface area contributed by atoms with E-state index in [0.717, 1.165) is 24.4 Å². The van der Waals surface area contributed by atoms with Crippen LogP contribution in [0.2, 0.25) is 5.02 Å². The molecule has 1 aliphatic carbocycles. The minimum atomic E-state index is -0.774. The number of carboxylic acid groups (broad SMARTS) is 1. The van der Waals surface area contributed by atoms with Crippen LogP contribution >= 0.6 is 11.6 Å². The highest BCUT2D eigenvalue weighted by Crippen LogP contribution is 2.33. The monoisotopic (exact) mass is 271 g/mol. The van der Waals surface area contributed by atoms with Gasteiger partial charge in [-0.3, -0.25) is 14.8 Å². The zero-order chi connectivity index (χ0) is 13.3. The molecule has 0 amide bonds. The van der Waals surface area contributed by atoms with Crippen LogP contribution in [0.3, 0.4) is 0 Å². The first-order valence-electron chi connectivity index (χ1n) is 6.20. The van der Waals surface area contributed by atoms with Gasteiger partial charge < -0.3 is 5.11 Å². The van der Waals surface area contributed by atoms with Gasteiger partial charge in [-0.2, -0.15) is 5.10 Å². The largest absolute Gasteiger partial charge is 0.480 e. The van der Waals surface area contributed by atoms with Gasteiger partial charge in [-0.15, -0.1) is 0 Å². The minimum absolute atomic E-state index is 0.444. The Labute approximate surface area is 111 Å². The predicted molar refractivity (Wildman–Crippen MR) is 68.7 cm³/mol. The molecule has 1 aliphatic rings. The fourth-order valence-corrected chi connectivity index (χ4v) is 2.49. The number of aryl methyl sites for hydroxylation is 2. The van der Waals surface area contributed by atoms with E-state index in [1.54, 1.807) is 0 Å². The second-order valence-corrected chi connectivity index (χ2v) is 5.13. The van der Waals surface area contributed by atoms with Gasteiger partial charge in [0.1, 0.15) is 5.54 Å². The average molecular weight is 272 g/mol. The lowest BCUT2D eigenvalue weighted by Gasteiger charge is -2.38. The summed E-state index contributed by atoms with van der Waals surface area (Å²) < 4.78 is 1.82. The van der Waals surface area contributed by atoms with Crippen molar-refractivity contribution < 1.29 is 9.90 Å². The van der Waals surface area contributed by atoms with E-state index in [4.69, 9.17) is 11.6 Å². The Bertz CT molecular complexity index is 466. The van der Waals surface area contributed by atoms with E-state index < -0.39 is 11.5 Å². The molecule has 1 fully saturated rings. The van der Waals surface area contributed by atoms with Gasteiger partial charge in [0.05, 0.1) is 16.4 Å². The van der Waals surface area contributed by atoms with Crippen molar-refractivity contribution >= 4 is 17.6 Å². The number of carbonyl (C=O) groups is 1. The predicted octanol–water partition coefficient (Wildman–Crippen LogP) is 1.96. The van der Waals surface area contributed by atoms with Crippen molar-refractivity contribution in [3.8, 4) is 0 Å². The number of rotatable bonds is 5. The molecule has 2 rings (SSSR count). The van der Waals surface area contributed by atoms with Gasteiger partial charge in [0.25, 0.3) is 0 Å². The van der Waals surface area contributed by atoms with E-state index >= 15 is 0 Å². The van der Waals surface area contributed by atoms with Crippen molar-refractivity contribution in [2.75, 3.05) is 0 Å². The van der Waals surface area contributed by atoms with E-state index in [9.17, 15) is 9.90 Å². The van der Waals surface area contributed by atoms with Gasteiger partial charge in [-0.05, 0) is 33.1 Å². The number of nitrogens with zero attached hydrogens (tertiary/aromatic N) is 2. The molecule has 2 N–H and O–H groups in total. The van der Waals surface area contributed by atoms with Crippen LogP contribution < -0.4 is 5.32 Å². The average Bonchev–Trinajstić information content (AvgIpc) is 2.54. The van der Waals surface area contributed by atoms with E-state index in [1.807, 2.05) is 18.5 Å². The summed E-state index contributed by atoms with van der Waals surface area (Å²) in [7, 11) is 0. The Hall–Kier alpha value is -1.07. The van der Waals surface area contributed by atoms with Gasteiger partial charge in [0.2, 0.25) is 0 Å². The second-order valence-electron chi connectivity index (χ2n) is 4.76. The van der Waals surface area contributed by atoms with Gasteiger partial charge in [0, 0.05) is 13.1 Å². The fraction of sp³-hybridized carbons (Fsp3) is 0.667. The number of halogens is 1. The highest BCUT2D eigenvalue weighted by molar-refractivity contribution is 6.31. The van der Waals surface area contributed by atoms with Crippen LogP contribution in [-0.4, -0.2) is 26.4 Å². The van der Waals surface area contributed by atoms with Gasteiger partial charge in [0.15, 0.2) is 0 Å². The molecule has 0 saturated heterocycles. The molecule has 5 nitrogen and oxygen atoms in total. The zero-order valence-corrected chi connectivity index (χ0v) is 11.4. The second kappa shape index (κ2) is 4.90. The third kappa shape index (κ3) is 2.12. The molecule has 0 spiro atoms. The first-order valence-corrected chi connectivity index (χ1v) is 6.58. The Morgan fingerprint density at radius 2 is 2.28 bits per heavy atom. The summed E-state index contributed by atoms with van der Waals surface area (Å²) in [6, 6.07) is 0. The van der Waals surface area contributed by atoms with E-state index in [-0.39, 0.29) is 0 Å². The van der Waals surface area contributed by atoms with Gasteiger partial charge >= 0.3 is 5.97 Å². The van der Waals surface area contributed by atoms with Gasteiger partial charge in [-0.1, -0.05) is 11.6 Å². The number of hydrogen-bond acceptors (Lipinski definition) is 3. The first-order chi connectivity index (χ1) is 8.50. The SMILES string of the molecule is CCn1nc(C)c(Cl)c1CNC1(C(=O)O)CCC1. The van der Waals surface area contributed by atoms with E-state index in [2.05, 4.69) is 10.4 Å². The van der Waals surface area contributed by atoms with E-state index in [1.165, 1.54) is 0 Å². The fourth-order valence-electron chi connectivity index (χ4n) is 2.29. The molecule has 1 saturated carbocycles. The Kier molecular flexibility index (Phi) is 3.64. The highest BCUT2D eigenvalue weighted by Gasteiger charge is 2.44. The molecule has 0 aliphatic heterocycles. The topological polar surface area (TPSA) is 67.2 Å². The lowest BCUT2D eigenvalue weighted by molar-refractivity contribution is -0.148. The molecule has 0 atom stereocenters. The van der Waals surface area contributed by atoms with E-state index in [0.29, 0.717) is 24.4 Å². The van der Waals surface area contributed by atoms with Crippen LogP contribution in [0.4, 0.5) is 0 Å². The normalized spacial score (nSPS) is 17.5. The van der Waals surface area contributed by atoms with Crippen molar-refractivity contribution in [1.82, 2.24) is 15.1 Å². The Balaban J connectivity index is 2.13. The van der Waals surface area contributed by atoms with Crippen LogP contribution in [-0.2, 0) is 17.9 Å². The smallest absolute Gasteiger partial charge is 0.323 e. The molecule has 0 radical (unpaired) electrons. The first kappa shape index (κ1) is 13.4. The Morgan fingerprint density at radius 3 is 2.72 bits per heavy atom. The number of nitrogens with one attached hydrogen (secondary N) is 1. The molecule has 1 heterocycles.